The summed E-state index contributed by atoms with van der Waals surface area (Å²) < 4.78 is 11.1. The highest BCUT2D eigenvalue weighted by Crippen LogP contribution is 2.34. The number of carbonyl (C=O) groups excluding carboxylic acids is 1. The summed E-state index contributed by atoms with van der Waals surface area (Å²) in [5.41, 5.74) is 0. The third-order valence-electron chi connectivity index (χ3n) is 4.62. The van der Waals surface area contributed by atoms with Gasteiger partial charge in [0.25, 0.3) is 5.91 Å². The molecule has 3 atom stereocenters. The molecular formula is C16H24N2O3. The van der Waals surface area contributed by atoms with Crippen molar-refractivity contribution in [1.29, 1.82) is 0 Å². The van der Waals surface area contributed by atoms with Crippen LogP contribution in [0.1, 0.15) is 36.7 Å². The van der Waals surface area contributed by atoms with E-state index in [0.29, 0.717) is 24.3 Å². The summed E-state index contributed by atoms with van der Waals surface area (Å²) in [6, 6.07) is 3.95. The molecule has 0 aromatic carbocycles. The summed E-state index contributed by atoms with van der Waals surface area (Å²) in [5.74, 6) is 0.653. The number of hydrogen-bond donors (Lipinski definition) is 1. The SMILES string of the molecule is CCCN1CCO[C@@H]2[C@H](CNC(=O)c3ccco3)CC[C@@H]21. The van der Waals surface area contributed by atoms with E-state index in [9.17, 15) is 4.79 Å². The fraction of sp³-hybridized carbons (Fsp3) is 0.688. The number of nitrogens with zero attached hydrogens (tertiary/aromatic N) is 1. The second-order valence-corrected chi connectivity index (χ2v) is 5.96. The van der Waals surface area contributed by atoms with Crippen LogP contribution in [0.5, 0.6) is 0 Å². The fourth-order valence-corrected chi connectivity index (χ4v) is 3.64. The minimum Gasteiger partial charge on any atom is -0.459 e. The predicted molar refractivity (Wildman–Crippen MR) is 79.2 cm³/mol. The van der Waals surface area contributed by atoms with Gasteiger partial charge >= 0.3 is 0 Å². The summed E-state index contributed by atoms with van der Waals surface area (Å²) in [6.07, 6.45) is 5.26. The molecule has 116 valence electrons. The lowest BCUT2D eigenvalue weighted by Crippen LogP contribution is -2.51. The Morgan fingerprint density at radius 3 is 3.14 bits per heavy atom. The number of rotatable bonds is 5. The zero-order valence-corrected chi connectivity index (χ0v) is 12.6. The molecule has 1 saturated heterocycles. The van der Waals surface area contributed by atoms with Crippen molar-refractivity contribution >= 4 is 5.91 Å². The highest BCUT2D eigenvalue weighted by atomic mass is 16.5. The lowest BCUT2D eigenvalue weighted by atomic mass is 10.0. The van der Waals surface area contributed by atoms with E-state index in [1.165, 1.54) is 19.1 Å². The van der Waals surface area contributed by atoms with Crippen molar-refractivity contribution in [2.24, 2.45) is 5.92 Å². The zero-order chi connectivity index (χ0) is 14.7. The van der Waals surface area contributed by atoms with E-state index >= 15 is 0 Å². The van der Waals surface area contributed by atoms with Crippen LogP contribution in [0.15, 0.2) is 22.8 Å². The van der Waals surface area contributed by atoms with Gasteiger partial charge in [0.1, 0.15) is 0 Å². The Morgan fingerprint density at radius 1 is 1.48 bits per heavy atom. The van der Waals surface area contributed by atoms with Gasteiger partial charge < -0.3 is 14.5 Å². The Hall–Kier alpha value is -1.33. The van der Waals surface area contributed by atoms with Gasteiger partial charge in [0.2, 0.25) is 0 Å². The molecule has 0 unspecified atom stereocenters. The molecule has 1 saturated carbocycles. The molecule has 21 heavy (non-hydrogen) atoms. The third-order valence-corrected chi connectivity index (χ3v) is 4.62. The molecule has 0 spiro atoms. The van der Waals surface area contributed by atoms with Gasteiger partial charge in [-0.3, -0.25) is 9.69 Å². The standard InChI is InChI=1S/C16H24N2O3/c1-2-7-18-8-10-21-15-12(5-6-13(15)18)11-17-16(19)14-4-3-9-20-14/h3-4,9,12-13,15H,2,5-8,10-11H2,1H3,(H,17,19)/t12-,13-,15+/m0/s1. The monoisotopic (exact) mass is 292 g/mol. The average Bonchev–Trinajstić information content (AvgIpc) is 3.15. The Balaban J connectivity index is 1.54. The van der Waals surface area contributed by atoms with Gasteiger partial charge in [0.15, 0.2) is 5.76 Å². The van der Waals surface area contributed by atoms with Crippen molar-refractivity contribution in [1.82, 2.24) is 10.2 Å². The van der Waals surface area contributed by atoms with E-state index < -0.39 is 0 Å². The quantitative estimate of drug-likeness (QED) is 0.900. The van der Waals surface area contributed by atoms with Gasteiger partial charge in [-0.1, -0.05) is 6.92 Å². The van der Waals surface area contributed by atoms with Gasteiger partial charge in [-0.15, -0.1) is 0 Å². The maximum atomic E-state index is 11.9. The van der Waals surface area contributed by atoms with Crippen LogP contribution in [-0.4, -0.2) is 49.2 Å². The lowest BCUT2D eigenvalue weighted by molar-refractivity contribution is -0.0725. The summed E-state index contributed by atoms with van der Waals surface area (Å²) in [6.45, 7) is 5.89. The summed E-state index contributed by atoms with van der Waals surface area (Å²) in [5, 5.41) is 2.98. The summed E-state index contributed by atoms with van der Waals surface area (Å²) >= 11 is 0. The lowest BCUT2D eigenvalue weighted by Gasteiger charge is -2.39. The number of hydrogen-bond acceptors (Lipinski definition) is 4. The Morgan fingerprint density at radius 2 is 2.38 bits per heavy atom. The summed E-state index contributed by atoms with van der Waals surface area (Å²) in [4.78, 5) is 14.5. The van der Waals surface area contributed by atoms with E-state index in [4.69, 9.17) is 9.15 Å². The first-order chi connectivity index (χ1) is 10.3. The van der Waals surface area contributed by atoms with Crippen LogP contribution in [0.2, 0.25) is 0 Å². The molecule has 1 aliphatic carbocycles. The molecule has 1 aliphatic heterocycles. The molecule has 3 rings (SSSR count). The van der Waals surface area contributed by atoms with Crippen LogP contribution < -0.4 is 5.32 Å². The van der Waals surface area contributed by atoms with Crippen LogP contribution in [0.25, 0.3) is 0 Å². The number of amides is 1. The van der Waals surface area contributed by atoms with Crippen molar-refractivity contribution in [2.75, 3.05) is 26.2 Å². The minimum absolute atomic E-state index is 0.135. The molecule has 1 N–H and O–H groups in total. The minimum atomic E-state index is -0.135. The molecule has 0 radical (unpaired) electrons. The van der Waals surface area contributed by atoms with E-state index in [1.54, 1.807) is 12.1 Å². The number of nitrogens with one attached hydrogen (secondary N) is 1. The number of carbonyl (C=O) groups is 1. The Kier molecular flexibility index (Phi) is 4.60. The number of morpholine rings is 1. The van der Waals surface area contributed by atoms with Crippen LogP contribution >= 0.6 is 0 Å². The fourth-order valence-electron chi connectivity index (χ4n) is 3.64. The first-order valence-corrected chi connectivity index (χ1v) is 7.97. The van der Waals surface area contributed by atoms with Crippen LogP contribution in [0, 0.1) is 5.92 Å². The van der Waals surface area contributed by atoms with Gasteiger partial charge in [0, 0.05) is 25.0 Å². The van der Waals surface area contributed by atoms with Crippen molar-refractivity contribution in [2.45, 2.75) is 38.3 Å². The van der Waals surface area contributed by atoms with Crippen LogP contribution in [-0.2, 0) is 4.74 Å². The molecule has 0 bridgehead atoms. The van der Waals surface area contributed by atoms with Gasteiger partial charge in [-0.25, -0.2) is 0 Å². The molecule has 5 heteroatoms. The highest BCUT2D eigenvalue weighted by molar-refractivity contribution is 5.91. The zero-order valence-electron chi connectivity index (χ0n) is 12.6. The van der Waals surface area contributed by atoms with Crippen molar-refractivity contribution < 1.29 is 13.9 Å². The van der Waals surface area contributed by atoms with E-state index in [-0.39, 0.29) is 12.0 Å². The van der Waals surface area contributed by atoms with Crippen LogP contribution in [0.4, 0.5) is 0 Å². The molecular weight excluding hydrogens is 268 g/mol. The largest absolute Gasteiger partial charge is 0.459 e. The van der Waals surface area contributed by atoms with Gasteiger partial charge in [-0.05, 0) is 37.9 Å². The third kappa shape index (κ3) is 3.14. The first-order valence-electron chi connectivity index (χ1n) is 7.97. The van der Waals surface area contributed by atoms with Gasteiger partial charge in [0.05, 0.1) is 19.0 Å². The van der Waals surface area contributed by atoms with Crippen molar-refractivity contribution in [3.05, 3.63) is 24.2 Å². The maximum absolute atomic E-state index is 11.9. The summed E-state index contributed by atoms with van der Waals surface area (Å²) in [7, 11) is 0. The number of fused-ring (bicyclic) bond motifs is 1. The van der Waals surface area contributed by atoms with Crippen molar-refractivity contribution in [3.8, 4) is 0 Å². The first kappa shape index (κ1) is 14.6. The molecule has 1 amide bonds. The van der Waals surface area contributed by atoms with E-state index in [0.717, 1.165) is 26.1 Å². The second-order valence-electron chi connectivity index (χ2n) is 5.96. The molecule has 5 nitrogen and oxygen atoms in total. The number of furan rings is 1. The molecule has 2 heterocycles. The van der Waals surface area contributed by atoms with Gasteiger partial charge in [-0.2, -0.15) is 0 Å². The Bertz CT molecular complexity index is 458. The maximum Gasteiger partial charge on any atom is 0.286 e. The van der Waals surface area contributed by atoms with Crippen molar-refractivity contribution in [3.63, 3.8) is 0 Å². The van der Waals surface area contributed by atoms with E-state index in [1.807, 2.05) is 0 Å². The van der Waals surface area contributed by atoms with Crippen LogP contribution in [0.3, 0.4) is 0 Å². The predicted octanol–water partition coefficient (Wildman–Crippen LogP) is 1.90. The molecule has 2 aliphatic rings. The topological polar surface area (TPSA) is 54.7 Å². The smallest absolute Gasteiger partial charge is 0.286 e. The molecule has 2 fully saturated rings. The van der Waals surface area contributed by atoms with E-state index in [2.05, 4.69) is 17.1 Å². The average molecular weight is 292 g/mol. The second kappa shape index (κ2) is 6.62. The molecule has 1 aromatic heterocycles. The Labute approximate surface area is 125 Å². The number of ether oxygens (including phenoxy) is 1. The highest BCUT2D eigenvalue weighted by Gasteiger charge is 2.42. The normalized spacial score (nSPS) is 29.3. The molecule has 1 aromatic rings.